The zero-order valence-electron chi connectivity index (χ0n) is 14.8. The van der Waals surface area contributed by atoms with Crippen LogP contribution in [-0.4, -0.2) is 13.0 Å². The van der Waals surface area contributed by atoms with Crippen LogP contribution in [-0.2, 0) is 6.54 Å². The minimum absolute atomic E-state index is 0.132. The molecule has 0 saturated carbocycles. The summed E-state index contributed by atoms with van der Waals surface area (Å²) in [5.41, 5.74) is 8.12. The van der Waals surface area contributed by atoms with Crippen molar-refractivity contribution in [1.29, 1.82) is 0 Å². The van der Waals surface area contributed by atoms with E-state index in [1.54, 1.807) is 24.3 Å². The SMILES string of the molecule is CN(Cc1cccc(NC(=O)c2ccc(S)c(N)c2)c1F)c1ccccc1. The van der Waals surface area contributed by atoms with E-state index in [-0.39, 0.29) is 5.69 Å². The minimum Gasteiger partial charge on any atom is -0.398 e. The van der Waals surface area contributed by atoms with Gasteiger partial charge in [0.1, 0.15) is 0 Å². The molecule has 0 unspecified atom stereocenters. The van der Waals surface area contributed by atoms with Gasteiger partial charge in [0.15, 0.2) is 5.82 Å². The first kappa shape index (κ1) is 18.8. The number of halogens is 1. The summed E-state index contributed by atoms with van der Waals surface area (Å²) in [7, 11) is 1.89. The van der Waals surface area contributed by atoms with Crippen molar-refractivity contribution in [3.8, 4) is 0 Å². The van der Waals surface area contributed by atoms with Crippen molar-refractivity contribution in [1.82, 2.24) is 0 Å². The molecule has 3 aromatic carbocycles. The summed E-state index contributed by atoms with van der Waals surface area (Å²) in [4.78, 5) is 14.9. The number of hydrogen-bond acceptors (Lipinski definition) is 4. The highest BCUT2D eigenvalue weighted by Gasteiger charge is 2.14. The highest BCUT2D eigenvalue weighted by atomic mass is 32.1. The molecule has 27 heavy (non-hydrogen) atoms. The van der Waals surface area contributed by atoms with Gasteiger partial charge in [0.05, 0.1) is 5.69 Å². The Kier molecular flexibility index (Phi) is 5.66. The quantitative estimate of drug-likeness (QED) is 0.448. The van der Waals surface area contributed by atoms with Gasteiger partial charge in [0.25, 0.3) is 5.91 Å². The molecule has 0 spiro atoms. The van der Waals surface area contributed by atoms with Crippen LogP contribution in [0.15, 0.2) is 71.6 Å². The number of carbonyl (C=O) groups excluding carboxylic acids is 1. The van der Waals surface area contributed by atoms with E-state index < -0.39 is 11.7 Å². The van der Waals surface area contributed by atoms with Crippen molar-refractivity contribution >= 4 is 35.6 Å². The van der Waals surface area contributed by atoms with Crippen molar-refractivity contribution in [2.45, 2.75) is 11.4 Å². The monoisotopic (exact) mass is 381 g/mol. The van der Waals surface area contributed by atoms with Gasteiger partial charge in [0.2, 0.25) is 0 Å². The summed E-state index contributed by atoms with van der Waals surface area (Å²) in [6.45, 7) is 0.376. The molecular formula is C21H20FN3OS. The van der Waals surface area contributed by atoms with Gasteiger partial charge in [0, 0.05) is 41.0 Å². The van der Waals surface area contributed by atoms with E-state index in [0.29, 0.717) is 28.3 Å². The lowest BCUT2D eigenvalue weighted by Gasteiger charge is -2.20. The fraction of sp³-hybridized carbons (Fsp3) is 0.0952. The smallest absolute Gasteiger partial charge is 0.255 e. The highest BCUT2D eigenvalue weighted by Crippen LogP contribution is 2.23. The van der Waals surface area contributed by atoms with E-state index in [1.165, 1.54) is 12.1 Å². The Hall–Kier alpha value is -2.99. The number of hydrogen-bond donors (Lipinski definition) is 3. The molecule has 0 aromatic heterocycles. The highest BCUT2D eigenvalue weighted by molar-refractivity contribution is 7.80. The summed E-state index contributed by atoms with van der Waals surface area (Å²) in [5, 5.41) is 2.61. The zero-order valence-corrected chi connectivity index (χ0v) is 15.7. The lowest BCUT2D eigenvalue weighted by Crippen LogP contribution is -2.18. The summed E-state index contributed by atoms with van der Waals surface area (Å²) in [5.74, 6) is -0.880. The average molecular weight is 381 g/mol. The number of para-hydroxylation sites is 1. The number of anilines is 3. The van der Waals surface area contributed by atoms with Crippen LogP contribution in [0, 0.1) is 5.82 Å². The summed E-state index contributed by atoms with van der Waals surface area (Å²) >= 11 is 4.18. The number of nitrogens with one attached hydrogen (secondary N) is 1. The molecule has 3 rings (SSSR count). The second-order valence-electron chi connectivity index (χ2n) is 6.20. The molecule has 4 nitrogen and oxygen atoms in total. The molecule has 0 bridgehead atoms. The van der Waals surface area contributed by atoms with E-state index >= 15 is 0 Å². The Bertz CT molecular complexity index is 963. The number of carbonyl (C=O) groups is 1. The van der Waals surface area contributed by atoms with Gasteiger partial charge in [-0.1, -0.05) is 30.3 Å². The number of nitrogens with two attached hydrogens (primary N) is 1. The summed E-state index contributed by atoms with van der Waals surface area (Å²) in [6.07, 6.45) is 0. The third kappa shape index (κ3) is 4.41. The second kappa shape index (κ2) is 8.14. The van der Waals surface area contributed by atoms with Crippen molar-refractivity contribution in [2.24, 2.45) is 0 Å². The Morgan fingerprint density at radius 2 is 1.85 bits per heavy atom. The Morgan fingerprint density at radius 1 is 1.11 bits per heavy atom. The van der Waals surface area contributed by atoms with Crippen molar-refractivity contribution in [3.63, 3.8) is 0 Å². The molecule has 0 aliphatic carbocycles. The predicted molar refractivity (Wildman–Crippen MR) is 111 cm³/mol. The van der Waals surface area contributed by atoms with Crippen molar-refractivity contribution in [2.75, 3.05) is 23.0 Å². The van der Waals surface area contributed by atoms with Gasteiger partial charge in [-0.25, -0.2) is 4.39 Å². The molecule has 0 saturated heterocycles. The van der Waals surface area contributed by atoms with Gasteiger partial charge in [-0.3, -0.25) is 4.79 Å². The molecule has 3 N–H and O–H groups in total. The molecule has 0 fully saturated rings. The fourth-order valence-electron chi connectivity index (χ4n) is 2.72. The lowest BCUT2D eigenvalue weighted by atomic mass is 10.1. The zero-order chi connectivity index (χ0) is 19.4. The number of benzene rings is 3. The first-order valence-electron chi connectivity index (χ1n) is 8.39. The van der Waals surface area contributed by atoms with Crippen LogP contribution in [0.25, 0.3) is 0 Å². The normalized spacial score (nSPS) is 10.5. The third-order valence-corrected chi connectivity index (χ3v) is 4.63. The van der Waals surface area contributed by atoms with Crippen LogP contribution in [0.1, 0.15) is 15.9 Å². The molecule has 0 aliphatic rings. The third-order valence-electron chi connectivity index (χ3n) is 4.22. The standard InChI is InChI=1S/C21H20FN3OS/c1-25(16-7-3-2-4-8-16)13-15-6-5-9-18(20(15)22)24-21(26)14-10-11-19(27)17(23)12-14/h2-12,27H,13,23H2,1H3,(H,24,26). The first-order valence-corrected chi connectivity index (χ1v) is 8.84. The van der Waals surface area contributed by atoms with E-state index in [9.17, 15) is 9.18 Å². The van der Waals surface area contributed by atoms with Crippen LogP contribution in [0.2, 0.25) is 0 Å². The molecule has 0 aliphatic heterocycles. The maximum atomic E-state index is 14.9. The topological polar surface area (TPSA) is 58.4 Å². The van der Waals surface area contributed by atoms with Crippen molar-refractivity contribution < 1.29 is 9.18 Å². The second-order valence-corrected chi connectivity index (χ2v) is 6.68. The van der Waals surface area contributed by atoms with Crippen LogP contribution in [0.3, 0.4) is 0 Å². The number of amides is 1. The Labute approximate surface area is 163 Å². The van der Waals surface area contributed by atoms with Crippen LogP contribution in [0.5, 0.6) is 0 Å². The molecule has 6 heteroatoms. The lowest BCUT2D eigenvalue weighted by molar-refractivity contribution is 0.102. The van der Waals surface area contributed by atoms with Crippen LogP contribution < -0.4 is 16.0 Å². The Balaban J connectivity index is 1.78. The fourth-order valence-corrected chi connectivity index (χ4v) is 2.86. The maximum Gasteiger partial charge on any atom is 0.255 e. The van der Waals surface area contributed by atoms with Crippen LogP contribution in [0.4, 0.5) is 21.5 Å². The number of rotatable bonds is 5. The molecule has 1 amide bonds. The molecule has 0 heterocycles. The molecular weight excluding hydrogens is 361 g/mol. The predicted octanol–water partition coefficient (Wildman–Crippen LogP) is 4.59. The van der Waals surface area contributed by atoms with Gasteiger partial charge in [-0.2, -0.15) is 0 Å². The number of thiol groups is 1. The number of nitrogens with zero attached hydrogens (tertiary/aromatic N) is 1. The Morgan fingerprint density at radius 3 is 2.56 bits per heavy atom. The van der Waals surface area contributed by atoms with E-state index in [1.807, 2.05) is 42.3 Å². The summed E-state index contributed by atoms with van der Waals surface area (Å²) in [6, 6.07) is 19.4. The largest absolute Gasteiger partial charge is 0.398 e. The molecule has 0 atom stereocenters. The van der Waals surface area contributed by atoms with Gasteiger partial charge < -0.3 is 16.0 Å². The van der Waals surface area contributed by atoms with Crippen molar-refractivity contribution in [3.05, 3.63) is 83.7 Å². The molecule has 138 valence electrons. The van der Waals surface area contributed by atoms with Gasteiger partial charge in [-0.15, -0.1) is 12.6 Å². The number of nitrogen functional groups attached to an aromatic ring is 1. The molecule has 0 radical (unpaired) electrons. The first-order chi connectivity index (χ1) is 13.0. The average Bonchev–Trinajstić information content (AvgIpc) is 2.67. The molecule has 3 aromatic rings. The van der Waals surface area contributed by atoms with E-state index in [0.717, 1.165) is 5.69 Å². The van der Waals surface area contributed by atoms with E-state index in [2.05, 4.69) is 17.9 Å². The van der Waals surface area contributed by atoms with Crippen LogP contribution >= 0.6 is 12.6 Å². The minimum atomic E-state index is -0.451. The van der Waals surface area contributed by atoms with Gasteiger partial charge in [-0.05, 0) is 36.4 Å². The van der Waals surface area contributed by atoms with E-state index in [4.69, 9.17) is 5.73 Å². The summed E-state index contributed by atoms with van der Waals surface area (Å²) < 4.78 is 14.9. The maximum absolute atomic E-state index is 14.9. The van der Waals surface area contributed by atoms with Gasteiger partial charge >= 0.3 is 0 Å².